The van der Waals surface area contributed by atoms with Crippen molar-refractivity contribution in [1.29, 1.82) is 0 Å². The van der Waals surface area contributed by atoms with Gasteiger partial charge >= 0.3 is 6.18 Å². The van der Waals surface area contributed by atoms with Crippen molar-refractivity contribution in [2.45, 2.75) is 11.4 Å². The van der Waals surface area contributed by atoms with Gasteiger partial charge < -0.3 is 5.32 Å². The van der Waals surface area contributed by atoms with Gasteiger partial charge in [-0.3, -0.25) is 0 Å². The van der Waals surface area contributed by atoms with Crippen LogP contribution in [0.15, 0.2) is 0 Å². The van der Waals surface area contributed by atoms with Crippen LogP contribution in [0.2, 0.25) is 0 Å². The van der Waals surface area contributed by atoms with Gasteiger partial charge in [-0.25, -0.2) is 8.42 Å². The van der Waals surface area contributed by atoms with Gasteiger partial charge in [0, 0.05) is 13.1 Å². The molecule has 72 valence electrons. The minimum absolute atomic E-state index is 0.106. The van der Waals surface area contributed by atoms with E-state index in [2.05, 4.69) is 5.32 Å². The van der Waals surface area contributed by atoms with Crippen molar-refractivity contribution in [2.24, 2.45) is 0 Å². The van der Waals surface area contributed by atoms with Gasteiger partial charge in [-0.05, 0) is 0 Å². The highest BCUT2D eigenvalue weighted by molar-refractivity contribution is 7.92. The van der Waals surface area contributed by atoms with E-state index in [9.17, 15) is 21.6 Å². The Morgan fingerprint density at radius 1 is 1.33 bits per heavy atom. The molecule has 0 aromatic heterocycles. The molecular weight excluding hydrogens is 195 g/mol. The number of hydrogen-bond acceptors (Lipinski definition) is 3. The van der Waals surface area contributed by atoms with Crippen LogP contribution < -0.4 is 5.32 Å². The Morgan fingerprint density at radius 3 is 2.25 bits per heavy atom. The molecule has 1 heterocycles. The Kier molecular flexibility index (Phi) is 2.35. The average Bonchev–Trinajstić information content (AvgIpc) is 1.83. The fraction of sp³-hybridized carbons (Fsp3) is 1.00. The summed E-state index contributed by atoms with van der Waals surface area (Å²) in [6.45, 7) is -0.416. The molecule has 0 aromatic rings. The van der Waals surface area contributed by atoms with E-state index < -0.39 is 33.6 Å². The van der Waals surface area contributed by atoms with Crippen LogP contribution in [-0.4, -0.2) is 38.7 Å². The van der Waals surface area contributed by atoms with Crippen molar-refractivity contribution < 1.29 is 21.6 Å². The van der Waals surface area contributed by atoms with Crippen LogP contribution in [-0.2, 0) is 9.84 Å². The van der Waals surface area contributed by atoms with Crippen molar-refractivity contribution >= 4 is 9.84 Å². The van der Waals surface area contributed by atoms with Crippen molar-refractivity contribution in [1.82, 2.24) is 5.32 Å². The Bertz CT molecular complexity index is 258. The third kappa shape index (κ3) is 1.89. The first-order chi connectivity index (χ1) is 5.34. The third-order valence-electron chi connectivity index (χ3n) is 1.69. The van der Waals surface area contributed by atoms with E-state index in [-0.39, 0.29) is 6.54 Å². The van der Waals surface area contributed by atoms with Gasteiger partial charge in [-0.2, -0.15) is 13.2 Å². The normalized spacial score (nSPS) is 30.1. The van der Waals surface area contributed by atoms with Gasteiger partial charge in [0.05, 0.1) is 5.75 Å². The maximum absolute atomic E-state index is 12.0. The van der Waals surface area contributed by atoms with Gasteiger partial charge in [-0.1, -0.05) is 0 Å². The molecule has 12 heavy (non-hydrogen) atoms. The van der Waals surface area contributed by atoms with E-state index in [0.29, 0.717) is 0 Å². The number of alkyl halides is 3. The first-order valence-corrected chi connectivity index (χ1v) is 5.04. The van der Waals surface area contributed by atoms with Crippen molar-refractivity contribution in [3.05, 3.63) is 0 Å². The molecule has 0 aliphatic carbocycles. The van der Waals surface area contributed by atoms with Crippen LogP contribution in [0.3, 0.4) is 0 Å². The summed E-state index contributed by atoms with van der Waals surface area (Å²) in [7, 11) is -3.97. The maximum atomic E-state index is 12.0. The highest BCUT2D eigenvalue weighted by atomic mass is 32.2. The summed E-state index contributed by atoms with van der Waals surface area (Å²) in [6, 6.07) is 0. The number of nitrogens with one attached hydrogen (secondary N) is 1. The minimum Gasteiger partial charge on any atom is -0.314 e. The number of sulfone groups is 1. The van der Waals surface area contributed by atoms with Crippen LogP contribution >= 0.6 is 0 Å². The molecule has 0 bridgehead atoms. The van der Waals surface area contributed by atoms with Crippen LogP contribution in [0.25, 0.3) is 0 Å². The lowest BCUT2D eigenvalue weighted by Crippen LogP contribution is -2.51. The molecule has 7 heteroatoms. The summed E-state index contributed by atoms with van der Waals surface area (Å²) < 4.78 is 57.8. The summed E-state index contributed by atoms with van der Waals surface area (Å²) in [5.41, 5.74) is 0. The number of hydrogen-bond donors (Lipinski definition) is 1. The van der Waals surface area contributed by atoms with Gasteiger partial charge in [-0.15, -0.1) is 0 Å². The highest BCUT2D eigenvalue weighted by Crippen LogP contribution is 2.27. The molecule has 0 amide bonds. The van der Waals surface area contributed by atoms with E-state index in [1.807, 2.05) is 0 Å². The molecule has 1 atom stereocenters. The molecule has 1 N–H and O–H groups in total. The Balaban J connectivity index is 2.89. The molecule has 0 aromatic carbocycles. The highest BCUT2D eigenvalue weighted by Gasteiger charge is 2.49. The first kappa shape index (κ1) is 9.79. The second-order valence-corrected chi connectivity index (χ2v) is 4.90. The second kappa shape index (κ2) is 2.88. The quantitative estimate of drug-likeness (QED) is 0.599. The van der Waals surface area contributed by atoms with Gasteiger partial charge in [0.1, 0.15) is 0 Å². The monoisotopic (exact) mass is 203 g/mol. The molecule has 1 fully saturated rings. The zero-order valence-electron chi connectivity index (χ0n) is 6.06. The molecule has 3 nitrogen and oxygen atoms in total. The van der Waals surface area contributed by atoms with Crippen LogP contribution in [0, 0.1) is 0 Å². The van der Waals surface area contributed by atoms with Crippen molar-refractivity contribution in [3.63, 3.8) is 0 Å². The molecule has 1 saturated heterocycles. The fourth-order valence-electron chi connectivity index (χ4n) is 1.04. The second-order valence-electron chi connectivity index (χ2n) is 2.60. The predicted molar refractivity (Wildman–Crippen MR) is 36.5 cm³/mol. The Labute approximate surface area is 67.9 Å². The molecule has 0 saturated carbocycles. The van der Waals surface area contributed by atoms with Crippen molar-refractivity contribution in [3.8, 4) is 0 Å². The maximum Gasteiger partial charge on any atom is 0.406 e. The third-order valence-corrected chi connectivity index (χ3v) is 3.77. The molecule has 1 unspecified atom stereocenters. The Hall–Kier alpha value is -0.300. The van der Waals surface area contributed by atoms with Crippen LogP contribution in [0.4, 0.5) is 13.2 Å². The SMILES string of the molecule is O=S1(=O)CCNCC1C(F)(F)F. The smallest absolute Gasteiger partial charge is 0.314 e. The van der Waals surface area contributed by atoms with Crippen molar-refractivity contribution in [2.75, 3.05) is 18.8 Å². The van der Waals surface area contributed by atoms with E-state index in [1.165, 1.54) is 0 Å². The van der Waals surface area contributed by atoms with E-state index in [0.717, 1.165) is 0 Å². The lowest BCUT2D eigenvalue weighted by Gasteiger charge is -2.24. The van der Waals surface area contributed by atoms with Gasteiger partial charge in [0.25, 0.3) is 0 Å². The first-order valence-electron chi connectivity index (χ1n) is 3.33. The average molecular weight is 203 g/mol. The topological polar surface area (TPSA) is 46.2 Å². The molecule has 1 aliphatic rings. The number of rotatable bonds is 0. The summed E-state index contributed by atoms with van der Waals surface area (Å²) in [5, 5.41) is 0.174. The van der Waals surface area contributed by atoms with Gasteiger partial charge in [0.15, 0.2) is 15.1 Å². The summed E-state index contributed by atoms with van der Waals surface area (Å²) in [5.74, 6) is -0.433. The molecular formula is C5H8F3NO2S. The van der Waals surface area contributed by atoms with Gasteiger partial charge in [0.2, 0.25) is 0 Å². The van der Waals surface area contributed by atoms with E-state index in [4.69, 9.17) is 0 Å². The molecule has 1 rings (SSSR count). The minimum atomic E-state index is -4.65. The predicted octanol–water partition coefficient (Wildman–Crippen LogP) is -0.0647. The molecule has 1 aliphatic heterocycles. The summed E-state index contributed by atoms with van der Waals surface area (Å²) in [6.07, 6.45) is -4.65. The van der Waals surface area contributed by atoms with E-state index in [1.54, 1.807) is 0 Å². The molecule has 0 spiro atoms. The largest absolute Gasteiger partial charge is 0.406 e. The zero-order valence-corrected chi connectivity index (χ0v) is 6.87. The summed E-state index contributed by atoms with van der Waals surface area (Å²) >= 11 is 0. The zero-order chi connectivity index (χ0) is 9.41. The number of halogens is 3. The lowest BCUT2D eigenvalue weighted by molar-refractivity contribution is -0.130. The summed E-state index contributed by atoms with van der Waals surface area (Å²) in [4.78, 5) is 0. The fourth-order valence-corrected chi connectivity index (χ4v) is 2.53. The van der Waals surface area contributed by atoms with Crippen LogP contribution in [0.1, 0.15) is 0 Å². The molecule has 0 radical (unpaired) electrons. The van der Waals surface area contributed by atoms with Crippen LogP contribution in [0.5, 0.6) is 0 Å². The van der Waals surface area contributed by atoms with E-state index >= 15 is 0 Å². The standard InChI is InChI=1S/C5H8F3NO2S/c6-5(7,8)4-3-9-1-2-12(4,10)11/h4,9H,1-3H2. The lowest BCUT2D eigenvalue weighted by atomic mass is 10.4. The Morgan fingerprint density at radius 2 is 1.92 bits per heavy atom.